The van der Waals surface area contributed by atoms with Crippen LogP contribution in [0.5, 0.6) is 0 Å². The monoisotopic (exact) mass is 756 g/mol. The third kappa shape index (κ3) is 41.5. The van der Waals surface area contributed by atoms with Gasteiger partial charge >= 0.3 is 0 Å². The fourth-order valence-corrected chi connectivity index (χ4v) is 7.19. The van der Waals surface area contributed by atoms with Crippen molar-refractivity contribution in [3.05, 3.63) is 48.6 Å². The van der Waals surface area contributed by atoms with Crippen LogP contribution >= 0.6 is 0 Å². The lowest BCUT2D eigenvalue weighted by molar-refractivity contribution is -0.123. The molecule has 0 aromatic rings. The largest absolute Gasteiger partial charge is 0.394 e. The minimum atomic E-state index is -0.848. The van der Waals surface area contributed by atoms with Gasteiger partial charge in [-0.2, -0.15) is 0 Å². The van der Waals surface area contributed by atoms with Crippen LogP contribution in [0.2, 0.25) is 0 Å². The predicted octanol–water partition coefficient (Wildman–Crippen LogP) is 15.1. The predicted molar refractivity (Wildman–Crippen MR) is 239 cm³/mol. The molecule has 4 nitrogen and oxygen atoms in total. The van der Waals surface area contributed by atoms with Crippen molar-refractivity contribution in [1.82, 2.24) is 5.32 Å². The highest BCUT2D eigenvalue weighted by atomic mass is 16.3. The molecule has 0 spiro atoms. The summed E-state index contributed by atoms with van der Waals surface area (Å²) in [4.78, 5) is 12.4. The summed E-state index contributed by atoms with van der Waals surface area (Å²) in [5.74, 6) is -0.0807. The lowest BCUT2D eigenvalue weighted by Crippen LogP contribution is -2.45. The zero-order valence-electron chi connectivity index (χ0n) is 36.2. The molecule has 3 N–H and O–H groups in total. The van der Waals surface area contributed by atoms with Crippen LogP contribution in [0, 0.1) is 0 Å². The number of aliphatic hydroxyl groups excluding tert-OH is 2. The third-order valence-electron chi connectivity index (χ3n) is 10.8. The number of hydrogen-bond acceptors (Lipinski definition) is 3. The fraction of sp³-hybridized carbons (Fsp3) is 0.820. The zero-order chi connectivity index (χ0) is 39.3. The Labute approximate surface area is 337 Å². The zero-order valence-corrected chi connectivity index (χ0v) is 36.2. The topological polar surface area (TPSA) is 69.6 Å². The molecule has 0 saturated heterocycles. The molecule has 54 heavy (non-hydrogen) atoms. The number of nitrogens with one attached hydrogen (secondary N) is 1. The number of amides is 1. The minimum Gasteiger partial charge on any atom is -0.394 e. The Bertz CT molecular complexity index is 862. The number of rotatable bonds is 43. The molecule has 0 rings (SSSR count). The fourth-order valence-electron chi connectivity index (χ4n) is 7.19. The van der Waals surface area contributed by atoms with Crippen molar-refractivity contribution in [2.75, 3.05) is 6.61 Å². The highest BCUT2D eigenvalue weighted by Crippen LogP contribution is 2.16. The van der Waals surface area contributed by atoms with Crippen LogP contribution in [0.1, 0.15) is 245 Å². The first-order valence-corrected chi connectivity index (χ1v) is 23.9. The molecule has 0 aliphatic carbocycles. The van der Waals surface area contributed by atoms with E-state index in [1.54, 1.807) is 6.08 Å². The number of carbonyl (C=O) groups is 1. The molecule has 2 unspecified atom stereocenters. The molecule has 0 heterocycles. The van der Waals surface area contributed by atoms with Crippen LogP contribution in [-0.2, 0) is 4.79 Å². The van der Waals surface area contributed by atoms with E-state index in [4.69, 9.17) is 0 Å². The Kier molecular flexibility index (Phi) is 44.3. The van der Waals surface area contributed by atoms with Crippen LogP contribution in [0.25, 0.3) is 0 Å². The van der Waals surface area contributed by atoms with E-state index < -0.39 is 12.1 Å². The lowest BCUT2D eigenvalue weighted by Gasteiger charge is -2.20. The van der Waals surface area contributed by atoms with Crippen molar-refractivity contribution in [2.24, 2.45) is 0 Å². The average molecular weight is 756 g/mol. The molecule has 2 atom stereocenters. The molecular formula is C50H93NO3. The molecule has 1 amide bonds. The Morgan fingerprint density at radius 1 is 0.463 bits per heavy atom. The van der Waals surface area contributed by atoms with Crippen LogP contribution < -0.4 is 5.32 Å². The van der Waals surface area contributed by atoms with E-state index in [0.29, 0.717) is 6.42 Å². The molecule has 0 aromatic heterocycles. The van der Waals surface area contributed by atoms with Crippen molar-refractivity contribution in [3.63, 3.8) is 0 Å². The van der Waals surface area contributed by atoms with Gasteiger partial charge in [0, 0.05) is 6.42 Å². The summed E-state index contributed by atoms with van der Waals surface area (Å²) in [7, 11) is 0. The molecule has 0 fully saturated rings. The normalized spacial score (nSPS) is 13.3. The van der Waals surface area contributed by atoms with Crippen molar-refractivity contribution >= 4 is 5.91 Å². The quantitative estimate of drug-likeness (QED) is 0.0429. The van der Waals surface area contributed by atoms with Gasteiger partial charge in [0.15, 0.2) is 0 Å². The van der Waals surface area contributed by atoms with Crippen LogP contribution in [0.4, 0.5) is 0 Å². The van der Waals surface area contributed by atoms with E-state index in [0.717, 1.165) is 57.8 Å². The van der Waals surface area contributed by atoms with E-state index >= 15 is 0 Å². The van der Waals surface area contributed by atoms with Crippen molar-refractivity contribution in [3.8, 4) is 0 Å². The van der Waals surface area contributed by atoms with Gasteiger partial charge < -0.3 is 15.5 Å². The molecule has 0 bridgehead atoms. The second-order valence-corrected chi connectivity index (χ2v) is 16.1. The minimum absolute atomic E-state index is 0.0807. The summed E-state index contributed by atoms with van der Waals surface area (Å²) in [6.45, 7) is 4.20. The standard InChI is InChI=1S/C50H93NO3/c1-3-5-7-9-11-13-15-17-19-20-21-22-23-24-25-26-27-28-29-30-32-33-35-37-39-41-43-45-49(53)48(47-52)51-50(54)46-44-42-40-38-36-34-31-18-16-14-12-10-8-6-4-2/h6,8,12,14,18,31,43,45,48-49,52-53H,3-5,7,9-11,13,15-17,19-30,32-42,44,46-47H2,1-2H3,(H,51,54)/b8-6-,14-12-,31-18-,45-43+. The van der Waals surface area contributed by atoms with Gasteiger partial charge in [0.1, 0.15) is 0 Å². The maximum Gasteiger partial charge on any atom is 0.220 e. The number of allylic oxidation sites excluding steroid dienone is 7. The first-order valence-electron chi connectivity index (χ1n) is 23.9. The molecule has 0 aliphatic heterocycles. The van der Waals surface area contributed by atoms with Gasteiger partial charge in [-0.25, -0.2) is 0 Å². The van der Waals surface area contributed by atoms with Gasteiger partial charge in [-0.3, -0.25) is 4.79 Å². The molecular weight excluding hydrogens is 663 g/mol. The van der Waals surface area contributed by atoms with E-state index in [9.17, 15) is 15.0 Å². The van der Waals surface area contributed by atoms with E-state index in [2.05, 4.69) is 55.6 Å². The average Bonchev–Trinajstić information content (AvgIpc) is 3.18. The van der Waals surface area contributed by atoms with Crippen LogP contribution in [0.15, 0.2) is 48.6 Å². The van der Waals surface area contributed by atoms with Crippen molar-refractivity contribution in [1.29, 1.82) is 0 Å². The maximum absolute atomic E-state index is 12.4. The molecule has 4 heteroatoms. The third-order valence-corrected chi connectivity index (χ3v) is 10.8. The number of unbranched alkanes of at least 4 members (excludes halogenated alkanes) is 30. The van der Waals surface area contributed by atoms with Gasteiger partial charge in [0.2, 0.25) is 5.91 Å². The SMILES string of the molecule is CC/C=C\C/C=C\C/C=C\CCCCCCCC(=O)NC(CO)C(O)/C=C/CCCCCCCCCCCCCCCCCCCCCCCCCCC. The maximum atomic E-state index is 12.4. The Morgan fingerprint density at radius 3 is 1.22 bits per heavy atom. The van der Waals surface area contributed by atoms with E-state index in [1.165, 1.54) is 167 Å². The Morgan fingerprint density at radius 2 is 0.815 bits per heavy atom. The summed E-state index contributed by atoms with van der Waals surface area (Å²) in [6.07, 6.45) is 62.4. The Hall–Kier alpha value is -1.65. The molecule has 316 valence electrons. The van der Waals surface area contributed by atoms with E-state index in [-0.39, 0.29) is 12.5 Å². The number of carbonyl (C=O) groups excluding carboxylic acids is 1. The summed E-state index contributed by atoms with van der Waals surface area (Å²) in [6, 6.07) is -0.632. The highest BCUT2D eigenvalue weighted by Gasteiger charge is 2.17. The summed E-state index contributed by atoms with van der Waals surface area (Å²) in [5.41, 5.74) is 0. The summed E-state index contributed by atoms with van der Waals surface area (Å²) >= 11 is 0. The van der Waals surface area contributed by atoms with Crippen molar-refractivity contribution < 1.29 is 15.0 Å². The van der Waals surface area contributed by atoms with Crippen LogP contribution in [-0.4, -0.2) is 34.9 Å². The van der Waals surface area contributed by atoms with E-state index in [1.807, 2.05) is 6.08 Å². The summed E-state index contributed by atoms with van der Waals surface area (Å²) in [5, 5.41) is 23.0. The Balaban J connectivity index is 3.51. The summed E-state index contributed by atoms with van der Waals surface area (Å²) < 4.78 is 0. The molecule has 0 aliphatic rings. The first kappa shape index (κ1) is 52.3. The molecule has 0 aromatic carbocycles. The van der Waals surface area contributed by atoms with Crippen LogP contribution in [0.3, 0.4) is 0 Å². The van der Waals surface area contributed by atoms with Gasteiger partial charge in [0.05, 0.1) is 18.8 Å². The molecule has 0 saturated carbocycles. The highest BCUT2D eigenvalue weighted by molar-refractivity contribution is 5.76. The van der Waals surface area contributed by atoms with Gasteiger partial charge in [-0.1, -0.05) is 236 Å². The second-order valence-electron chi connectivity index (χ2n) is 16.1. The molecule has 0 radical (unpaired) electrons. The number of hydrogen-bond donors (Lipinski definition) is 3. The van der Waals surface area contributed by atoms with Crippen molar-refractivity contribution in [2.45, 2.75) is 257 Å². The smallest absolute Gasteiger partial charge is 0.220 e. The second kappa shape index (κ2) is 45.7. The van der Waals surface area contributed by atoms with Gasteiger partial charge in [-0.15, -0.1) is 0 Å². The van der Waals surface area contributed by atoms with Gasteiger partial charge in [0.25, 0.3) is 0 Å². The van der Waals surface area contributed by atoms with Gasteiger partial charge in [-0.05, 0) is 51.4 Å². The number of aliphatic hydroxyl groups is 2. The lowest BCUT2D eigenvalue weighted by atomic mass is 10.0. The first-order chi connectivity index (χ1) is 26.7.